The highest BCUT2D eigenvalue weighted by molar-refractivity contribution is 5.78. The Morgan fingerprint density at radius 1 is 1.53 bits per heavy atom. The van der Waals surface area contributed by atoms with Crippen molar-refractivity contribution in [3.05, 3.63) is 29.8 Å². The Balaban J connectivity index is 1.93. The van der Waals surface area contributed by atoms with Gasteiger partial charge in [-0.25, -0.2) is 4.99 Å². The first-order valence-corrected chi connectivity index (χ1v) is 5.89. The van der Waals surface area contributed by atoms with Crippen LogP contribution in [0.5, 0.6) is 5.75 Å². The summed E-state index contributed by atoms with van der Waals surface area (Å²) in [5, 5.41) is 3.20. The number of aliphatic imine (C=N–C) groups is 1. The van der Waals surface area contributed by atoms with Gasteiger partial charge in [0.25, 0.3) is 0 Å². The van der Waals surface area contributed by atoms with Crippen molar-refractivity contribution in [1.29, 1.82) is 0 Å². The van der Waals surface area contributed by atoms with E-state index in [9.17, 15) is 0 Å². The number of rotatable bonds is 4. The summed E-state index contributed by atoms with van der Waals surface area (Å²) in [5.41, 5.74) is 6.86. The van der Waals surface area contributed by atoms with E-state index in [-0.39, 0.29) is 0 Å². The predicted octanol–water partition coefficient (Wildman–Crippen LogP) is 1.51. The normalized spacial score (nSPS) is 23.3. The number of nitrogens with one attached hydrogen (secondary N) is 1. The van der Waals surface area contributed by atoms with Gasteiger partial charge in [0.1, 0.15) is 5.75 Å². The van der Waals surface area contributed by atoms with Crippen LogP contribution in [0.4, 0.5) is 0 Å². The molecule has 0 aliphatic heterocycles. The van der Waals surface area contributed by atoms with E-state index in [1.54, 1.807) is 7.11 Å². The monoisotopic (exact) mass is 233 g/mol. The summed E-state index contributed by atoms with van der Waals surface area (Å²) in [4.78, 5) is 4.32. The fourth-order valence-electron chi connectivity index (χ4n) is 1.76. The molecule has 0 saturated heterocycles. The summed E-state index contributed by atoms with van der Waals surface area (Å²) < 4.78 is 5.26. The van der Waals surface area contributed by atoms with E-state index in [1.165, 1.54) is 6.42 Å². The van der Waals surface area contributed by atoms with Gasteiger partial charge in [0, 0.05) is 11.6 Å². The van der Waals surface area contributed by atoms with Gasteiger partial charge in [-0.05, 0) is 18.4 Å². The van der Waals surface area contributed by atoms with Crippen molar-refractivity contribution in [3.63, 3.8) is 0 Å². The van der Waals surface area contributed by atoms with Crippen LogP contribution in [0.15, 0.2) is 29.3 Å². The van der Waals surface area contributed by atoms with Gasteiger partial charge in [0.15, 0.2) is 5.96 Å². The Bertz CT molecular complexity index is 417. The van der Waals surface area contributed by atoms with Crippen LogP contribution in [0.3, 0.4) is 0 Å². The number of nitrogens with zero attached hydrogens (tertiary/aromatic N) is 1. The highest BCUT2D eigenvalue weighted by atomic mass is 16.5. The third kappa shape index (κ3) is 3.12. The molecule has 92 valence electrons. The third-order valence-corrected chi connectivity index (χ3v) is 3.06. The molecular formula is C13H19N3O. The molecule has 0 radical (unpaired) electrons. The second-order valence-electron chi connectivity index (χ2n) is 4.48. The second kappa shape index (κ2) is 5.08. The Morgan fingerprint density at radius 2 is 2.24 bits per heavy atom. The largest absolute Gasteiger partial charge is 0.496 e. The SMILES string of the molecule is COc1ccccc1CN=C(N)N[C@H]1C[C@H]1C. The first kappa shape index (κ1) is 11.8. The fraction of sp³-hybridized carbons (Fsp3) is 0.462. The third-order valence-electron chi connectivity index (χ3n) is 3.06. The van der Waals surface area contributed by atoms with E-state index in [1.807, 2.05) is 24.3 Å². The van der Waals surface area contributed by atoms with Gasteiger partial charge in [-0.1, -0.05) is 25.1 Å². The molecule has 0 amide bonds. The molecular weight excluding hydrogens is 214 g/mol. The van der Waals surface area contributed by atoms with Crippen molar-refractivity contribution in [3.8, 4) is 5.75 Å². The zero-order valence-electron chi connectivity index (χ0n) is 10.3. The molecule has 4 nitrogen and oxygen atoms in total. The van der Waals surface area contributed by atoms with E-state index in [2.05, 4.69) is 17.2 Å². The summed E-state index contributed by atoms with van der Waals surface area (Å²) in [7, 11) is 1.66. The van der Waals surface area contributed by atoms with Crippen LogP contribution >= 0.6 is 0 Å². The molecule has 2 rings (SSSR count). The second-order valence-corrected chi connectivity index (χ2v) is 4.48. The molecule has 0 spiro atoms. The Morgan fingerprint density at radius 3 is 2.88 bits per heavy atom. The van der Waals surface area contributed by atoms with Gasteiger partial charge in [0.05, 0.1) is 13.7 Å². The van der Waals surface area contributed by atoms with Crippen molar-refractivity contribution in [1.82, 2.24) is 5.32 Å². The number of hydrogen-bond acceptors (Lipinski definition) is 2. The highest BCUT2D eigenvalue weighted by Crippen LogP contribution is 2.28. The molecule has 2 atom stereocenters. The average Bonchev–Trinajstić information content (AvgIpc) is 3.02. The zero-order chi connectivity index (χ0) is 12.3. The molecule has 4 heteroatoms. The number of para-hydroxylation sites is 1. The van der Waals surface area contributed by atoms with Crippen LogP contribution in [0.1, 0.15) is 18.9 Å². The van der Waals surface area contributed by atoms with E-state index < -0.39 is 0 Å². The van der Waals surface area contributed by atoms with Crippen LogP contribution in [-0.2, 0) is 6.54 Å². The van der Waals surface area contributed by atoms with E-state index in [0.29, 0.717) is 18.5 Å². The maximum Gasteiger partial charge on any atom is 0.189 e. The molecule has 1 aliphatic rings. The number of guanidine groups is 1. The summed E-state index contributed by atoms with van der Waals surface area (Å²) >= 11 is 0. The minimum absolute atomic E-state index is 0.511. The molecule has 1 aliphatic carbocycles. The number of hydrogen-bond donors (Lipinski definition) is 2. The Kier molecular flexibility index (Phi) is 3.52. The van der Waals surface area contributed by atoms with Crippen LogP contribution in [0.2, 0.25) is 0 Å². The highest BCUT2D eigenvalue weighted by Gasteiger charge is 2.32. The smallest absolute Gasteiger partial charge is 0.189 e. The van der Waals surface area contributed by atoms with Gasteiger partial charge in [-0.15, -0.1) is 0 Å². The minimum atomic E-state index is 0.511. The predicted molar refractivity (Wildman–Crippen MR) is 69.0 cm³/mol. The van der Waals surface area contributed by atoms with Crippen molar-refractivity contribution >= 4 is 5.96 Å². The molecule has 0 unspecified atom stereocenters. The Labute approximate surface area is 102 Å². The first-order valence-electron chi connectivity index (χ1n) is 5.89. The number of methoxy groups -OCH3 is 1. The number of nitrogens with two attached hydrogens (primary N) is 1. The lowest BCUT2D eigenvalue weighted by Crippen LogP contribution is -2.34. The van der Waals surface area contributed by atoms with Crippen molar-refractivity contribution in [2.75, 3.05) is 7.11 Å². The lowest BCUT2D eigenvalue weighted by Gasteiger charge is -2.07. The molecule has 1 fully saturated rings. The molecule has 0 aromatic heterocycles. The van der Waals surface area contributed by atoms with Gasteiger partial charge in [0.2, 0.25) is 0 Å². The fourth-order valence-corrected chi connectivity index (χ4v) is 1.76. The molecule has 1 aromatic rings. The molecule has 17 heavy (non-hydrogen) atoms. The molecule has 1 aromatic carbocycles. The van der Waals surface area contributed by atoms with Gasteiger partial charge in [-0.2, -0.15) is 0 Å². The van der Waals surface area contributed by atoms with Crippen LogP contribution in [0.25, 0.3) is 0 Å². The number of benzene rings is 1. The molecule has 0 heterocycles. The summed E-state index contributed by atoms with van der Waals surface area (Å²) in [6.45, 7) is 2.75. The van der Waals surface area contributed by atoms with Crippen LogP contribution in [0, 0.1) is 5.92 Å². The van der Waals surface area contributed by atoms with Gasteiger partial charge >= 0.3 is 0 Å². The standard InChI is InChI=1S/C13H19N3O/c1-9-7-11(9)16-13(14)15-8-10-5-3-4-6-12(10)17-2/h3-6,9,11H,7-8H2,1-2H3,(H3,14,15,16)/t9-,11+/m1/s1. The number of ether oxygens (including phenoxy) is 1. The molecule has 3 N–H and O–H groups in total. The van der Waals surface area contributed by atoms with Gasteiger partial charge < -0.3 is 15.8 Å². The maximum atomic E-state index is 5.81. The molecule has 0 bridgehead atoms. The van der Waals surface area contributed by atoms with Crippen molar-refractivity contribution < 1.29 is 4.74 Å². The molecule has 1 saturated carbocycles. The van der Waals surface area contributed by atoms with Crippen molar-refractivity contribution in [2.45, 2.75) is 25.9 Å². The minimum Gasteiger partial charge on any atom is -0.496 e. The van der Waals surface area contributed by atoms with E-state index in [4.69, 9.17) is 10.5 Å². The van der Waals surface area contributed by atoms with Gasteiger partial charge in [-0.3, -0.25) is 0 Å². The van der Waals surface area contributed by atoms with E-state index in [0.717, 1.165) is 17.2 Å². The Hall–Kier alpha value is -1.71. The summed E-state index contributed by atoms with van der Waals surface area (Å²) in [6, 6.07) is 8.35. The lowest BCUT2D eigenvalue weighted by atomic mass is 10.2. The van der Waals surface area contributed by atoms with Crippen molar-refractivity contribution in [2.24, 2.45) is 16.6 Å². The maximum absolute atomic E-state index is 5.81. The topological polar surface area (TPSA) is 59.6 Å². The summed E-state index contributed by atoms with van der Waals surface area (Å²) in [6.07, 6.45) is 1.19. The van der Waals surface area contributed by atoms with E-state index >= 15 is 0 Å². The van der Waals surface area contributed by atoms with Crippen LogP contribution < -0.4 is 15.8 Å². The average molecular weight is 233 g/mol. The first-order chi connectivity index (χ1) is 8.20. The zero-order valence-corrected chi connectivity index (χ0v) is 10.3. The quantitative estimate of drug-likeness (QED) is 0.612. The summed E-state index contributed by atoms with van der Waals surface area (Å²) in [5.74, 6) is 2.09. The lowest BCUT2D eigenvalue weighted by molar-refractivity contribution is 0.410. The van der Waals surface area contributed by atoms with Crippen LogP contribution in [-0.4, -0.2) is 19.1 Å².